The van der Waals surface area contributed by atoms with Crippen molar-refractivity contribution >= 4 is 6.03 Å². The van der Waals surface area contributed by atoms with Crippen LogP contribution in [-0.2, 0) is 0 Å². The first-order valence-corrected chi connectivity index (χ1v) is 7.57. The first kappa shape index (κ1) is 16.4. The van der Waals surface area contributed by atoms with Gasteiger partial charge < -0.3 is 24.6 Å². The third-order valence-electron chi connectivity index (χ3n) is 3.63. The van der Waals surface area contributed by atoms with Gasteiger partial charge >= 0.3 is 6.03 Å². The number of methoxy groups -OCH3 is 1. The van der Waals surface area contributed by atoms with Crippen molar-refractivity contribution in [1.29, 1.82) is 0 Å². The normalized spacial score (nSPS) is 17.6. The van der Waals surface area contributed by atoms with E-state index in [1.165, 1.54) is 0 Å². The van der Waals surface area contributed by atoms with E-state index in [9.17, 15) is 4.79 Å². The molecule has 1 aromatic carbocycles. The third-order valence-corrected chi connectivity index (χ3v) is 3.63. The lowest BCUT2D eigenvalue weighted by molar-refractivity contribution is 0.183. The Kier molecular flexibility index (Phi) is 5.89. The maximum Gasteiger partial charge on any atom is 0.317 e. The lowest BCUT2D eigenvalue weighted by Gasteiger charge is -2.19. The van der Waals surface area contributed by atoms with Crippen LogP contribution in [0.1, 0.15) is 6.42 Å². The minimum atomic E-state index is -0.0204. The lowest BCUT2D eigenvalue weighted by atomic mass is 10.3. The Bertz CT molecular complexity index is 493. The molecule has 0 spiro atoms. The lowest BCUT2D eigenvalue weighted by Crippen LogP contribution is -2.41. The number of rotatable bonds is 6. The topological polar surface area (TPSA) is 54.0 Å². The van der Waals surface area contributed by atoms with Crippen LogP contribution in [0.15, 0.2) is 24.3 Å². The standard InChI is InChI=1S/C16H25N3O3/c1-18(2)11-9-17-16(20)19-10-8-13(12-19)22-15-7-5-4-6-14(15)21-3/h4-7,13H,8-12H2,1-3H3,(H,17,20). The summed E-state index contributed by atoms with van der Waals surface area (Å²) in [5.74, 6) is 1.45. The molecule has 2 amide bonds. The van der Waals surface area contributed by atoms with E-state index in [1.54, 1.807) is 12.0 Å². The molecule has 6 nitrogen and oxygen atoms in total. The van der Waals surface area contributed by atoms with Crippen molar-refractivity contribution in [2.24, 2.45) is 0 Å². The molecule has 1 aromatic rings. The molecule has 2 rings (SSSR count). The second kappa shape index (κ2) is 7.89. The van der Waals surface area contributed by atoms with Gasteiger partial charge in [0.15, 0.2) is 11.5 Å². The highest BCUT2D eigenvalue weighted by Gasteiger charge is 2.28. The number of benzene rings is 1. The number of likely N-dealkylation sites (tertiary alicyclic amines) is 1. The molecular weight excluding hydrogens is 282 g/mol. The van der Waals surface area contributed by atoms with E-state index in [1.807, 2.05) is 43.3 Å². The van der Waals surface area contributed by atoms with E-state index in [4.69, 9.17) is 9.47 Å². The van der Waals surface area contributed by atoms with Crippen molar-refractivity contribution in [2.45, 2.75) is 12.5 Å². The fourth-order valence-electron chi connectivity index (χ4n) is 2.40. The highest BCUT2D eigenvalue weighted by Crippen LogP contribution is 2.28. The molecule has 1 atom stereocenters. The second-order valence-corrected chi connectivity index (χ2v) is 5.66. The Morgan fingerprint density at radius 1 is 1.36 bits per heavy atom. The second-order valence-electron chi connectivity index (χ2n) is 5.66. The molecule has 0 aromatic heterocycles. The summed E-state index contributed by atoms with van der Waals surface area (Å²) in [6.07, 6.45) is 0.843. The number of para-hydroxylation sites is 2. The summed E-state index contributed by atoms with van der Waals surface area (Å²) >= 11 is 0. The van der Waals surface area contributed by atoms with Crippen LogP contribution in [0.2, 0.25) is 0 Å². The van der Waals surface area contributed by atoms with E-state index in [2.05, 4.69) is 5.32 Å². The number of urea groups is 1. The van der Waals surface area contributed by atoms with Gasteiger partial charge in [0.25, 0.3) is 0 Å². The molecule has 6 heteroatoms. The molecule has 1 N–H and O–H groups in total. The Morgan fingerprint density at radius 2 is 2.09 bits per heavy atom. The number of carbonyl (C=O) groups excluding carboxylic acids is 1. The van der Waals surface area contributed by atoms with Gasteiger partial charge in [0.1, 0.15) is 6.10 Å². The number of amides is 2. The monoisotopic (exact) mass is 307 g/mol. The fourth-order valence-corrected chi connectivity index (χ4v) is 2.40. The minimum absolute atomic E-state index is 0.0101. The van der Waals surface area contributed by atoms with Crippen LogP contribution in [-0.4, -0.2) is 69.3 Å². The number of likely N-dealkylation sites (N-methyl/N-ethyl adjacent to an activating group) is 1. The van der Waals surface area contributed by atoms with Gasteiger partial charge in [-0.25, -0.2) is 4.79 Å². The van der Waals surface area contributed by atoms with Gasteiger partial charge in [0, 0.05) is 26.1 Å². The van der Waals surface area contributed by atoms with Gasteiger partial charge in [-0.1, -0.05) is 12.1 Å². The summed E-state index contributed by atoms with van der Waals surface area (Å²) in [4.78, 5) is 15.9. The largest absolute Gasteiger partial charge is 0.493 e. The van der Waals surface area contributed by atoms with Gasteiger partial charge in [-0.3, -0.25) is 0 Å². The number of nitrogens with one attached hydrogen (secondary N) is 1. The molecule has 22 heavy (non-hydrogen) atoms. The van der Waals surface area contributed by atoms with Crippen LogP contribution < -0.4 is 14.8 Å². The Balaban J connectivity index is 1.81. The van der Waals surface area contributed by atoms with Crippen LogP contribution in [0.3, 0.4) is 0 Å². The van der Waals surface area contributed by atoms with Crippen LogP contribution >= 0.6 is 0 Å². The van der Waals surface area contributed by atoms with E-state index in [0.717, 1.165) is 24.5 Å². The van der Waals surface area contributed by atoms with Crippen LogP contribution in [0.25, 0.3) is 0 Å². The molecule has 1 heterocycles. The molecule has 122 valence electrons. The molecule has 0 bridgehead atoms. The van der Waals surface area contributed by atoms with Crippen LogP contribution in [0.5, 0.6) is 11.5 Å². The highest BCUT2D eigenvalue weighted by molar-refractivity contribution is 5.74. The highest BCUT2D eigenvalue weighted by atomic mass is 16.5. The molecule has 1 unspecified atom stereocenters. The summed E-state index contributed by atoms with van der Waals surface area (Å²) in [6.45, 7) is 2.81. The number of carbonyl (C=O) groups is 1. The van der Waals surface area contributed by atoms with Crippen molar-refractivity contribution in [3.8, 4) is 11.5 Å². The Hall–Kier alpha value is -1.95. The van der Waals surface area contributed by atoms with Crippen LogP contribution in [0.4, 0.5) is 4.79 Å². The zero-order chi connectivity index (χ0) is 15.9. The number of hydrogen-bond acceptors (Lipinski definition) is 4. The average Bonchev–Trinajstić information content (AvgIpc) is 2.96. The van der Waals surface area contributed by atoms with Gasteiger partial charge in [0.05, 0.1) is 13.7 Å². The Morgan fingerprint density at radius 3 is 2.77 bits per heavy atom. The smallest absolute Gasteiger partial charge is 0.317 e. The van der Waals surface area contributed by atoms with Crippen LogP contribution in [0, 0.1) is 0 Å². The van der Waals surface area contributed by atoms with Gasteiger partial charge in [-0.05, 0) is 26.2 Å². The third kappa shape index (κ3) is 4.53. The van der Waals surface area contributed by atoms with Crippen molar-refractivity contribution in [3.05, 3.63) is 24.3 Å². The fraction of sp³-hybridized carbons (Fsp3) is 0.562. The quantitative estimate of drug-likeness (QED) is 0.863. The van der Waals surface area contributed by atoms with E-state index in [-0.39, 0.29) is 12.1 Å². The number of ether oxygens (including phenoxy) is 2. The van der Waals surface area contributed by atoms with Gasteiger partial charge in [-0.2, -0.15) is 0 Å². The summed E-state index contributed by atoms with van der Waals surface area (Å²) in [6, 6.07) is 7.56. The van der Waals surface area contributed by atoms with Crippen molar-refractivity contribution in [1.82, 2.24) is 15.1 Å². The molecule has 1 aliphatic rings. The minimum Gasteiger partial charge on any atom is -0.493 e. The zero-order valence-corrected chi connectivity index (χ0v) is 13.5. The molecule has 0 saturated carbocycles. The van der Waals surface area contributed by atoms with Crippen molar-refractivity contribution in [3.63, 3.8) is 0 Å². The van der Waals surface area contributed by atoms with Crippen molar-refractivity contribution in [2.75, 3.05) is 47.4 Å². The molecule has 0 radical (unpaired) electrons. The number of hydrogen-bond donors (Lipinski definition) is 1. The summed E-state index contributed by atoms with van der Waals surface area (Å²) in [5, 5.41) is 2.93. The summed E-state index contributed by atoms with van der Waals surface area (Å²) < 4.78 is 11.2. The SMILES string of the molecule is COc1ccccc1OC1CCN(C(=O)NCCN(C)C)C1. The maximum atomic E-state index is 12.1. The van der Waals surface area contributed by atoms with Gasteiger partial charge in [0.2, 0.25) is 0 Å². The van der Waals surface area contributed by atoms with Gasteiger partial charge in [-0.15, -0.1) is 0 Å². The molecule has 1 fully saturated rings. The first-order chi connectivity index (χ1) is 10.6. The van der Waals surface area contributed by atoms with E-state index in [0.29, 0.717) is 19.6 Å². The first-order valence-electron chi connectivity index (χ1n) is 7.57. The number of nitrogens with zero attached hydrogens (tertiary/aromatic N) is 2. The zero-order valence-electron chi connectivity index (χ0n) is 13.5. The molecule has 0 aliphatic carbocycles. The maximum absolute atomic E-state index is 12.1. The van der Waals surface area contributed by atoms with Crippen molar-refractivity contribution < 1.29 is 14.3 Å². The molecular formula is C16H25N3O3. The summed E-state index contributed by atoms with van der Waals surface area (Å²) in [5.41, 5.74) is 0. The molecule has 1 saturated heterocycles. The van der Waals surface area contributed by atoms with E-state index < -0.39 is 0 Å². The molecule has 1 aliphatic heterocycles. The van der Waals surface area contributed by atoms with E-state index >= 15 is 0 Å². The predicted molar refractivity (Wildman–Crippen MR) is 85.6 cm³/mol. The predicted octanol–water partition coefficient (Wildman–Crippen LogP) is 1.42. The average molecular weight is 307 g/mol. The Labute approximate surface area is 132 Å². The summed E-state index contributed by atoms with van der Waals surface area (Å²) in [7, 11) is 5.60.